The number of nitrogens with one attached hydrogen (secondary N) is 1. The maximum absolute atomic E-state index is 10.8. The van der Waals surface area contributed by atoms with Crippen molar-refractivity contribution in [2.45, 2.75) is 6.92 Å². The Morgan fingerprint density at radius 3 is 2.78 bits per heavy atom. The number of hydrogen-bond donors (Lipinski definition) is 1. The Bertz CT molecular complexity index is 606. The number of fused-ring (bicyclic) bond motifs is 1. The highest BCUT2D eigenvalue weighted by molar-refractivity contribution is 6.02. The molecule has 0 heterocycles. The fraction of sp³-hybridized carbons (Fsp3) is 0.143. The number of nitrogens with zero attached hydrogens (tertiary/aromatic N) is 1. The molecule has 2 aromatic rings. The molecule has 0 aliphatic heterocycles. The fourth-order valence-corrected chi connectivity index (χ4v) is 1.77. The topological polar surface area (TPSA) is 50.7 Å². The third-order valence-corrected chi connectivity index (χ3v) is 2.57. The Morgan fingerprint density at radius 2 is 2.06 bits per heavy atom. The second kappa shape index (κ2) is 5.31. The lowest BCUT2D eigenvalue weighted by Gasteiger charge is -2.08. The van der Waals surface area contributed by atoms with E-state index >= 15 is 0 Å². The SMILES string of the molecule is COc1ccc2ccccc2c1/C=N\NC(C)=O. The summed E-state index contributed by atoms with van der Waals surface area (Å²) in [5.41, 5.74) is 3.24. The van der Waals surface area contributed by atoms with Crippen LogP contribution < -0.4 is 10.2 Å². The molecule has 0 fully saturated rings. The van der Waals surface area contributed by atoms with Crippen LogP contribution in [0.3, 0.4) is 0 Å². The summed E-state index contributed by atoms with van der Waals surface area (Å²) in [6.07, 6.45) is 1.60. The van der Waals surface area contributed by atoms with E-state index in [-0.39, 0.29) is 5.91 Å². The van der Waals surface area contributed by atoms with Gasteiger partial charge in [0.1, 0.15) is 5.75 Å². The van der Waals surface area contributed by atoms with Crippen molar-refractivity contribution in [3.8, 4) is 5.75 Å². The van der Waals surface area contributed by atoms with Gasteiger partial charge in [-0.05, 0) is 16.8 Å². The predicted octanol–water partition coefficient (Wildman–Crippen LogP) is 2.32. The molecule has 0 radical (unpaired) electrons. The van der Waals surface area contributed by atoms with Crippen molar-refractivity contribution in [2.24, 2.45) is 5.10 Å². The minimum Gasteiger partial charge on any atom is -0.496 e. The molecule has 0 atom stereocenters. The summed E-state index contributed by atoms with van der Waals surface area (Å²) in [6.45, 7) is 1.41. The molecule has 4 heteroatoms. The first-order chi connectivity index (χ1) is 8.72. The van der Waals surface area contributed by atoms with Crippen LogP contribution in [0.15, 0.2) is 41.5 Å². The molecule has 18 heavy (non-hydrogen) atoms. The van der Waals surface area contributed by atoms with Crippen molar-refractivity contribution < 1.29 is 9.53 Å². The zero-order valence-electron chi connectivity index (χ0n) is 10.3. The lowest BCUT2D eigenvalue weighted by Crippen LogP contribution is -2.12. The number of hydrogen-bond acceptors (Lipinski definition) is 3. The maximum Gasteiger partial charge on any atom is 0.236 e. The van der Waals surface area contributed by atoms with E-state index in [1.54, 1.807) is 13.3 Å². The summed E-state index contributed by atoms with van der Waals surface area (Å²) in [6, 6.07) is 11.8. The molecule has 1 N–H and O–H groups in total. The lowest BCUT2D eigenvalue weighted by molar-refractivity contribution is -0.118. The van der Waals surface area contributed by atoms with E-state index in [0.717, 1.165) is 22.1 Å². The van der Waals surface area contributed by atoms with Crippen molar-refractivity contribution >= 4 is 22.9 Å². The van der Waals surface area contributed by atoms with Gasteiger partial charge in [-0.2, -0.15) is 5.10 Å². The van der Waals surface area contributed by atoms with E-state index in [4.69, 9.17) is 4.74 Å². The van der Waals surface area contributed by atoms with Crippen LogP contribution in [0.2, 0.25) is 0 Å². The Morgan fingerprint density at radius 1 is 1.28 bits per heavy atom. The van der Waals surface area contributed by atoms with Gasteiger partial charge in [0, 0.05) is 12.5 Å². The number of carbonyl (C=O) groups excluding carboxylic acids is 1. The van der Waals surface area contributed by atoms with Crippen molar-refractivity contribution in [2.75, 3.05) is 7.11 Å². The summed E-state index contributed by atoms with van der Waals surface area (Å²) in [5.74, 6) is 0.522. The van der Waals surface area contributed by atoms with E-state index in [1.807, 2.05) is 36.4 Å². The van der Waals surface area contributed by atoms with Crippen LogP contribution in [-0.4, -0.2) is 19.2 Å². The zero-order valence-corrected chi connectivity index (χ0v) is 10.3. The number of rotatable bonds is 3. The molecule has 0 saturated heterocycles. The summed E-state index contributed by atoms with van der Waals surface area (Å²) in [7, 11) is 1.61. The molecule has 0 unspecified atom stereocenters. The number of carbonyl (C=O) groups is 1. The lowest BCUT2D eigenvalue weighted by atomic mass is 10.0. The van der Waals surface area contributed by atoms with Gasteiger partial charge >= 0.3 is 0 Å². The quantitative estimate of drug-likeness (QED) is 0.663. The van der Waals surface area contributed by atoms with E-state index in [2.05, 4.69) is 10.5 Å². The van der Waals surface area contributed by atoms with Crippen LogP contribution >= 0.6 is 0 Å². The maximum atomic E-state index is 10.8. The third kappa shape index (κ3) is 2.48. The fourth-order valence-electron chi connectivity index (χ4n) is 1.77. The summed E-state index contributed by atoms with van der Waals surface area (Å²) < 4.78 is 5.31. The molecule has 0 aliphatic carbocycles. The van der Waals surface area contributed by atoms with Crippen LogP contribution in [0.4, 0.5) is 0 Å². The average molecular weight is 242 g/mol. The molecular weight excluding hydrogens is 228 g/mol. The molecule has 0 bridgehead atoms. The first-order valence-corrected chi connectivity index (χ1v) is 5.58. The highest BCUT2D eigenvalue weighted by Crippen LogP contribution is 2.26. The molecule has 92 valence electrons. The number of benzene rings is 2. The summed E-state index contributed by atoms with van der Waals surface area (Å²) >= 11 is 0. The predicted molar refractivity (Wildman–Crippen MR) is 71.9 cm³/mol. The van der Waals surface area contributed by atoms with Gasteiger partial charge in [0.2, 0.25) is 5.91 Å². The smallest absolute Gasteiger partial charge is 0.236 e. The minimum atomic E-state index is -0.203. The van der Waals surface area contributed by atoms with Crippen LogP contribution in [0.1, 0.15) is 12.5 Å². The highest BCUT2D eigenvalue weighted by Gasteiger charge is 2.05. The number of hydrazone groups is 1. The monoisotopic (exact) mass is 242 g/mol. The highest BCUT2D eigenvalue weighted by atomic mass is 16.5. The first-order valence-electron chi connectivity index (χ1n) is 5.58. The second-order valence-corrected chi connectivity index (χ2v) is 3.83. The molecule has 0 aliphatic rings. The average Bonchev–Trinajstić information content (AvgIpc) is 2.38. The van der Waals surface area contributed by atoms with E-state index in [0.29, 0.717) is 0 Å². The van der Waals surface area contributed by atoms with Gasteiger partial charge in [-0.3, -0.25) is 4.79 Å². The summed E-state index contributed by atoms with van der Waals surface area (Å²) in [5, 5.41) is 6.03. The molecular formula is C14H14N2O2. The van der Waals surface area contributed by atoms with Gasteiger partial charge < -0.3 is 4.74 Å². The van der Waals surface area contributed by atoms with Crippen LogP contribution in [0.25, 0.3) is 10.8 Å². The van der Waals surface area contributed by atoms with Crippen molar-refractivity contribution in [1.29, 1.82) is 0 Å². The van der Waals surface area contributed by atoms with E-state index in [9.17, 15) is 4.79 Å². The number of amides is 1. The van der Waals surface area contributed by atoms with Gasteiger partial charge in [0.25, 0.3) is 0 Å². The second-order valence-electron chi connectivity index (χ2n) is 3.83. The molecule has 2 aromatic carbocycles. The van der Waals surface area contributed by atoms with Gasteiger partial charge in [0.05, 0.1) is 13.3 Å². The van der Waals surface area contributed by atoms with Crippen LogP contribution in [0.5, 0.6) is 5.75 Å². The molecule has 4 nitrogen and oxygen atoms in total. The van der Waals surface area contributed by atoms with Crippen molar-refractivity contribution in [3.05, 3.63) is 42.0 Å². The Balaban J connectivity index is 2.51. The first kappa shape index (κ1) is 12.1. The van der Waals surface area contributed by atoms with E-state index < -0.39 is 0 Å². The zero-order chi connectivity index (χ0) is 13.0. The summed E-state index contributed by atoms with van der Waals surface area (Å²) in [4.78, 5) is 10.8. The normalized spacial score (nSPS) is 10.8. The third-order valence-electron chi connectivity index (χ3n) is 2.57. The molecule has 2 rings (SSSR count). The van der Waals surface area contributed by atoms with Gasteiger partial charge in [-0.1, -0.05) is 30.3 Å². The van der Waals surface area contributed by atoms with Crippen LogP contribution in [0, 0.1) is 0 Å². The van der Waals surface area contributed by atoms with Gasteiger partial charge in [-0.25, -0.2) is 5.43 Å². The Kier molecular flexibility index (Phi) is 3.57. The molecule has 0 spiro atoms. The standard InChI is InChI=1S/C14H14N2O2/c1-10(17)16-15-9-13-12-6-4-3-5-11(12)7-8-14(13)18-2/h3-9H,1-2H3,(H,16,17)/b15-9-. The molecule has 1 amide bonds. The van der Waals surface area contributed by atoms with Gasteiger partial charge in [-0.15, -0.1) is 0 Å². The minimum absolute atomic E-state index is 0.203. The largest absolute Gasteiger partial charge is 0.496 e. The van der Waals surface area contributed by atoms with E-state index in [1.165, 1.54) is 6.92 Å². The molecule has 0 saturated carbocycles. The Hall–Kier alpha value is -2.36. The number of ether oxygens (including phenoxy) is 1. The Labute approximate surface area is 105 Å². The number of methoxy groups -OCH3 is 1. The van der Waals surface area contributed by atoms with Crippen molar-refractivity contribution in [1.82, 2.24) is 5.43 Å². The van der Waals surface area contributed by atoms with Crippen molar-refractivity contribution in [3.63, 3.8) is 0 Å². The van der Waals surface area contributed by atoms with Crippen LogP contribution in [-0.2, 0) is 4.79 Å². The molecule has 0 aromatic heterocycles. The van der Waals surface area contributed by atoms with Gasteiger partial charge in [0.15, 0.2) is 0 Å².